The number of rotatable bonds is 0. The van der Waals surface area contributed by atoms with Gasteiger partial charge in [-0.2, -0.15) is 33.9 Å². The second-order valence-electron chi connectivity index (χ2n) is 6.74. The van der Waals surface area contributed by atoms with Gasteiger partial charge in [0, 0.05) is 0 Å². The van der Waals surface area contributed by atoms with Crippen molar-refractivity contribution in [2.24, 2.45) is 0 Å². The van der Waals surface area contributed by atoms with Crippen molar-refractivity contribution in [3.8, 4) is 0 Å². The summed E-state index contributed by atoms with van der Waals surface area (Å²) >= 11 is 0. The third-order valence-electron chi connectivity index (χ3n) is 5.13. The van der Waals surface area contributed by atoms with E-state index in [0.717, 1.165) is 0 Å². The molecule has 0 amide bonds. The van der Waals surface area contributed by atoms with Crippen LogP contribution in [-0.2, 0) is 26.2 Å². The van der Waals surface area contributed by atoms with Gasteiger partial charge in [0.2, 0.25) is 0 Å². The summed E-state index contributed by atoms with van der Waals surface area (Å²) in [6.45, 7) is 17.5. The molecule has 0 N–H and O–H groups in total. The molecule has 3 heteroatoms. The van der Waals surface area contributed by atoms with Crippen LogP contribution in [0.5, 0.6) is 0 Å². The Balaban J connectivity index is 0. The van der Waals surface area contributed by atoms with E-state index in [1.54, 1.807) is 0 Å². The molecule has 3 rings (SSSR count). The minimum Gasteiger partial charge on any atom is -1.00 e. The van der Waals surface area contributed by atoms with Crippen LogP contribution in [0.4, 0.5) is 0 Å². The van der Waals surface area contributed by atoms with Crippen LogP contribution in [0.3, 0.4) is 0 Å². The van der Waals surface area contributed by atoms with E-state index in [1.165, 1.54) is 55.3 Å². The van der Waals surface area contributed by atoms with Gasteiger partial charge in [-0.1, -0.05) is 58.7 Å². The smallest absolute Gasteiger partial charge is 1.00 e. The van der Waals surface area contributed by atoms with Crippen molar-refractivity contribution in [1.82, 2.24) is 0 Å². The van der Waals surface area contributed by atoms with E-state index in [9.17, 15) is 0 Å². The molecule has 0 aliphatic heterocycles. The minimum absolute atomic E-state index is 0. The van der Waals surface area contributed by atoms with Gasteiger partial charge in [0.05, 0.1) is 0 Å². The zero-order chi connectivity index (χ0) is 16.6. The fraction of sp³-hybridized carbons (Fsp3) is 0.364. The SMILES string of the molecule is Cc1c(C)c(C)[c-](C)c1C.Cc1cc(C)c2cc(C)[cH-]c2c1.[Br-].[Br-].[Zr+4]. The molecule has 0 heterocycles. The van der Waals surface area contributed by atoms with Gasteiger partial charge < -0.3 is 34.0 Å². The van der Waals surface area contributed by atoms with Crippen LogP contribution in [0.25, 0.3) is 10.8 Å². The van der Waals surface area contributed by atoms with Gasteiger partial charge >= 0.3 is 26.2 Å². The van der Waals surface area contributed by atoms with Crippen LogP contribution in [-0.4, -0.2) is 0 Å². The Hall–Kier alpha value is 0.0231. The Morgan fingerprint density at radius 3 is 1.64 bits per heavy atom. The summed E-state index contributed by atoms with van der Waals surface area (Å²) < 4.78 is 0. The quantitative estimate of drug-likeness (QED) is 0.362. The van der Waals surface area contributed by atoms with E-state index in [1.807, 2.05) is 0 Å². The van der Waals surface area contributed by atoms with E-state index >= 15 is 0 Å². The first-order valence-corrected chi connectivity index (χ1v) is 8.06. The van der Waals surface area contributed by atoms with Crippen molar-refractivity contribution in [3.05, 3.63) is 68.8 Å². The molecule has 0 aromatic heterocycles. The van der Waals surface area contributed by atoms with Gasteiger partial charge in [-0.15, -0.1) is 28.5 Å². The van der Waals surface area contributed by atoms with Crippen LogP contribution >= 0.6 is 0 Å². The summed E-state index contributed by atoms with van der Waals surface area (Å²) in [7, 11) is 0. The molecule has 0 spiro atoms. The largest absolute Gasteiger partial charge is 4.00 e. The van der Waals surface area contributed by atoms with Crippen LogP contribution in [0.15, 0.2) is 24.3 Å². The molecular formula is C22H28Br2Zr. The predicted molar refractivity (Wildman–Crippen MR) is 99.5 cm³/mol. The van der Waals surface area contributed by atoms with Gasteiger partial charge in [-0.3, -0.25) is 0 Å². The Kier molecular flexibility index (Phi) is 12.0. The van der Waals surface area contributed by atoms with Crippen molar-refractivity contribution >= 4 is 10.8 Å². The fourth-order valence-corrected chi connectivity index (χ4v) is 3.25. The molecule has 0 fully saturated rings. The number of hydrogen-bond donors (Lipinski definition) is 0. The number of benzene rings is 1. The standard InChI is InChI=1S/C12H13.C10H15.2BrH.Zr/c1-8-4-10(3)12-7-9(2)6-11(12)5-8;1-6-7(2)9(4)10(5)8(6)3;;;/h4-7H,1-3H3;1-5H3;2*1H;/q2*-1;;;+4/p-2. The van der Waals surface area contributed by atoms with Gasteiger partial charge in [-0.25, -0.2) is 0 Å². The summed E-state index contributed by atoms with van der Waals surface area (Å²) in [6.07, 6.45) is 0. The Morgan fingerprint density at radius 2 is 1.24 bits per heavy atom. The second kappa shape index (κ2) is 11.0. The molecule has 0 nitrogen and oxygen atoms in total. The van der Waals surface area contributed by atoms with E-state index < -0.39 is 0 Å². The van der Waals surface area contributed by atoms with Gasteiger partial charge in [0.1, 0.15) is 0 Å². The maximum Gasteiger partial charge on any atom is 4.00 e. The van der Waals surface area contributed by atoms with Gasteiger partial charge in [0.25, 0.3) is 0 Å². The zero-order valence-electron chi connectivity index (χ0n) is 16.6. The molecule has 0 aliphatic rings. The van der Waals surface area contributed by atoms with E-state index in [4.69, 9.17) is 0 Å². The Morgan fingerprint density at radius 1 is 0.760 bits per heavy atom. The molecule has 3 aromatic rings. The predicted octanol–water partition coefficient (Wildman–Crippen LogP) is 0.437. The molecule has 3 aromatic carbocycles. The third-order valence-corrected chi connectivity index (χ3v) is 5.13. The molecule has 25 heavy (non-hydrogen) atoms. The topological polar surface area (TPSA) is 0 Å². The summed E-state index contributed by atoms with van der Waals surface area (Å²) in [5, 5.41) is 2.78. The van der Waals surface area contributed by atoms with Crippen LogP contribution in [0.1, 0.15) is 44.5 Å². The van der Waals surface area contributed by atoms with Crippen molar-refractivity contribution < 1.29 is 60.2 Å². The normalized spacial score (nSPS) is 9.44. The Labute approximate surface area is 193 Å². The van der Waals surface area contributed by atoms with Gasteiger partial charge in [0.15, 0.2) is 0 Å². The van der Waals surface area contributed by atoms with Crippen LogP contribution in [0.2, 0.25) is 0 Å². The van der Waals surface area contributed by atoms with Crippen molar-refractivity contribution in [2.45, 2.75) is 55.4 Å². The molecule has 0 unspecified atom stereocenters. The maximum atomic E-state index is 2.25. The van der Waals surface area contributed by atoms with Crippen molar-refractivity contribution in [3.63, 3.8) is 0 Å². The zero-order valence-corrected chi connectivity index (χ0v) is 22.2. The third kappa shape index (κ3) is 6.01. The number of aryl methyl sites for hydroxylation is 3. The molecule has 0 saturated heterocycles. The molecule has 0 aliphatic carbocycles. The first-order chi connectivity index (χ1) is 10.2. The first kappa shape index (κ1) is 27.2. The van der Waals surface area contributed by atoms with Gasteiger partial charge in [-0.05, 0) is 13.8 Å². The first-order valence-electron chi connectivity index (χ1n) is 8.06. The monoisotopic (exact) mass is 540 g/mol. The maximum absolute atomic E-state index is 2.25. The number of halogens is 2. The summed E-state index contributed by atoms with van der Waals surface area (Å²) in [5.41, 5.74) is 11.4. The molecule has 0 saturated carbocycles. The molecule has 0 atom stereocenters. The minimum atomic E-state index is 0. The second-order valence-corrected chi connectivity index (χ2v) is 6.74. The summed E-state index contributed by atoms with van der Waals surface area (Å²) in [4.78, 5) is 0. The van der Waals surface area contributed by atoms with Crippen LogP contribution < -0.4 is 34.0 Å². The Bertz CT molecular complexity index is 742. The number of hydrogen-bond acceptors (Lipinski definition) is 0. The average Bonchev–Trinajstić information content (AvgIpc) is 2.90. The molecule has 134 valence electrons. The molecule has 0 bridgehead atoms. The molecule has 0 radical (unpaired) electrons. The van der Waals surface area contributed by atoms with Crippen molar-refractivity contribution in [2.75, 3.05) is 0 Å². The van der Waals surface area contributed by atoms with Crippen LogP contribution in [0, 0.1) is 55.4 Å². The summed E-state index contributed by atoms with van der Waals surface area (Å²) in [5.74, 6) is 0. The van der Waals surface area contributed by atoms with E-state index in [-0.39, 0.29) is 60.2 Å². The summed E-state index contributed by atoms with van der Waals surface area (Å²) in [6, 6.07) is 8.98. The molecular weight excluding hydrogens is 515 g/mol. The average molecular weight is 543 g/mol. The van der Waals surface area contributed by atoms with E-state index in [2.05, 4.69) is 79.7 Å². The fourth-order valence-electron chi connectivity index (χ4n) is 3.25. The van der Waals surface area contributed by atoms with Crippen molar-refractivity contribution in [1.29, 1.82) is 0 Å². The van der Waals surface area contributed by atoms with E-state index in [0.29, 0.717) is 0 Å². The number of fused-ring (bicyclic) bond motifs is 1.